The number of rotatable bonds is 6. The highest BCUT2D eigenvalue weighted by molar-refractivity contribution is 6.10. The van der Waals surface area contributed by atoms with Crippen LogP contribution in [0.5, 0.6) is 5.75 Å². The molecular weight excluding hydrogens is 540 g/mol. The average Bonchev–Trinajstić information content (AvgIpc) is 3.75. The number of nitrogens with one attached hydrogen (secondary N) is 1. The molecule has 0 bridgehead atoms. The number of hydrazone groups is 1. The third-order valence-electron chi connectivity index (χ3n) is 8.99. The van der Waals surface area contributed by atoms with Crippen molar-refractivity contribution < 1.29 is 19.1 Å². The molecule has 8 heteroatoms. The van der Waals surface area contributed by atoms with Gasteiger partial charge in [-0.1, -0.05) is 66.7 Å². The Morgan fingerprint density at radius 3 is 2.51 bits per heavy atom. The molecule has 0 aromatic heterocycles. The van der Waals surface area contributed by atoms with Crippen molar-refractivity contribution in [2.24, 2.45) is 5.10 Å². The zero-order valence-electron chi connectivity index (χ0n) is 24.2. The average molecular weight is 573 g/mol. The first-order valence-corrected chi connectivity index (χ1v) is 14.6. The maximum Gasteiger partial charge on any atom is 0.325 e. The fourth-order valence-corrected chi connectivity index (χ4v) is 6.50. The number of hydrogen-bond donors (Lipinski definition) is 1. The minimum Gasteiger partial charge on any atom is -0.497 e. The fraction of sp³-hybridized carbons (Fsp3) is 0.257. The van der Waals surface area contributed by atoms with Gasteiger partial charge in [-0.25, -0.2) is 9.80 Å². The second-order valence-corrected chi connectivity index (χ2v) is 11.6. The van der Waals surface area contributed by atoms with Crippen LogP contribution < -0.4 is 10.1 Å². The van der Waals surface area contributed by atoms with Gasteiger partial charge in [-0.05, 0) is 83.0 Å². The summed E-state index contributed by atoms with van der Waals surface area (Å²) in [7, 11) is 1.61. The van der Waals surface area contributed by atoms with Crippen molar-refractivity contribution in [2.45, 2.75) is 44.2 Å². The number of aryl methyl sites for hydroxylation is 2. The van der Waals surface area contributed by atoms with E-state index in [0.29, 0.717) is 12.2 Å². The SMILES string of the molecule is COc1ccc([C@@H]2CC(c3ccc4ccccc4c3)=NN2C(=O)CN2C(=O)N[C@@](C)(c3ccc4c(c3)CCC4)C2=O)cc1. The predicted octanol–water partition coefficient (Wildman–Crippen LogP) is 5.48. The molecule has 0 radical (unpaired) electrons. The van der Waals surface area contributed by atoms with Gasteiger partial charge in [0.2, 0.25) is 0 Å². The first-order valence-electron chi connectivity index (χ1n) is 14.6. The van der Waals surface area contributed by atoms with Gasteiger partial charge >= 0.3 is 6.03 Å². The molecule has 4 amide bonds. The highest BCUT2D eigenvalue weighted by Gasteiger charge is 2.50. The molecule has 0 spiro atoms. The standard InChI is InChI=1S/C35H32N4O4/c1-35(28-15-12-23-8-5-9-26(23)19-28)33(41)38(34(42)36-35)21-32(40)39-31(24-13-16-29(43-2)17-14-24)20-30(37-39)27-11-10-22-6-3-4-7-25(22)18-27/h3-4,6-7,10-19,31H,5,8-9,20-21H2,1-2H3,(H,36,42)/t31-,35-/m0/s1. The number of imide groups is 1. The van der Waals surface area contributed by atoms with E-state index in [2.05, 4.69) is 17.4 Å². The van der Waals surface area contributed by atoms with Gasteiger partial charge in [0.15, 0.2) is 0 Å². The van der Waals surface area contributed by atoms with E-state index in [-0.39, 0.29) is 0 Å². The number of urea groups is 1. The summed E-state index contributed by atoms with van der Waals surface area (Å²) in [6.07, 6.45) is 3.57. The van der Waals surface area contributed by atoms with E-state index in [1.807, 2.05) is 72.8 Å². The molecule has 1 N–H and O–H groups in total. The van der Waals surface area contributed by atoms with Gasteiger partial charge in [-0.3, -0.25) is 14.5 Å². The summed E-state index contributed by atoms with van der Waals surface area (Å²) in [5.74, 6) is -0.165. The predicted molar refractivity (Wildman–Crippen MR) is 164 cm³/mol. The molecule has 1 aliphatic carbocycles. The lowest BCUT2D eigenvalue weighted by molar-refractivity contribution is -0.140. The van der Waals surface area contributed by atoms with Crippen molar-refractivity contribution >= 4 is 34.3 Å². The Morgan fingerprint density at radius 2 is 1.72 bits per heavy atom. The van der Waals surface area contributed by atoms with Crippen LogP contribution in [0.25, 0.3) is 10.8 Å². The maximum atomic E-state index is 13.9. The van der Waals surface area contributed by atoms with Gasteiger partial charge in [0.05, 0.1) is 18.9 Å². The quantitative estimate of drug-likeness (QED) is 0.310. The normalized spacial score (nSPS) is 21.3. The molecule has 2 aliphatic heterocycles. The fourth-order valence-electron chi connectivity index (χ4n) is 6.50. The number of carbonyl (C=O) groups excluding carboxylic acids is 3. The van der Waals surface area contributed by atoms with Crippen LogP contribution in [0.4, 0.5) is 4.79 Å². The Morgan fingerprint density at radius 1 is 0.953 bits per heavy atom. The van der Waals surface area contributed by atoms with Gasteiger partial charge in [0, 0.05) is 6.42 Å². The zero-order chi connectivity index (χ0) is 29.7. The van der Waals surface area contributed by atoms with Crippen LogP contribution in [-0.2, 0) is 28.0 Å². The number of benzene rings is 4. The monoisotopic (exact) mass is 572 g/mol. The molecule has 2 heterocycles. The Bertz CT molecular complexity index is 1810. The van der Waals surface area contributed by atoms with E-state index < -0.39 is 36.0 Å². The molecule has 0 unspecified atom stereocenters. The summed E-state index contributed by atoms with van der Waals surface area (Å²) in [4.78, 5) is 41.8. The van der Waals surface area contributed by atoms with Gasteiger partial charge in [-0.2, -0.15) is 5.10 Å². The van der Waals surface area contributed by atoms with Crippen molar-refractivity contribution in [1.82, 2.24) is 15.2 Å². The number of amides is 4. The Balaban J connectivity index is 1.18. The summed E-state index contributed by atoms with van der Waals surface area (Å²) in [6, 6.07) is 26.8. The number of carbonyl (C=O) groups is 3. The minimum atomic E-state index is -1.24. The lowest BCUT2D eigenvalue weighted by atomic mass is 9.89. The van der Waals surface area contributed by atoms with E-state index in [0.717, 1.165) is 57.3 Å². The molecule has 216 valence electrons. The molecule has 0 saturated carbocycles. The van der Waals surface area contributed by atoms with Gasteiger partial charge in [0.1, 0.15) is 17.8 Å². The summed E-state index contributed by atoms with van der Waals surface area (Å²) in [6.45, 7) is 1.30. The van der Waals surface area contributed by atoms with Gasteiger partial charge in [0.25, 0.3) is 11.8 Å². The second-order valence-electron chi connectivity index (χ2n) is 11.6. The Kier molecular flexibility index (Phi) is 6.49. The topological polar surface area (TPSA) is 91.3 Å². The Hall–Kier alpha value is -4.98. The maximum absolute atomic E-state index is 13.9. The minimum absolute atomic E-state index is 0.399. The summed E-state index contributed by atoms with van der Waals surface area (Å²) >= 11 is 0. The van der Waals surface area contributed by atoms with Crippen molar-refractivity contribution in [3.8, 4) is 5.75 Å². The summed E-state index contributed by atoms with van der Waals surface area (Å²) < 4.78 is 5.33. The van der Waals surface area contributed by atoms with Crippen LogP contribution >= 0.6 is 0 Å². The molecule has 2 atom stereocenters. The summed E-state index contributed by atoms with van der Waals surface area (Å²) in [5.41, 5.74) is 4.56. The van der Waals surface area contributed by atoms with Crippen LogP contribution in [0.3, 0.4) is 0 Å². The number of ether oxygens (including phenoxy) is 1. The second kappa shape index (κ2) is 10.4. The number of hydrogen-bond acceptors (Lipinski definition) is 5. The molecule has 4 aromatic rings. The molecule has 1 saturated heterocycles. The smallest absolute Gasteiger partial charge is 0.325 e. The van der Waals surface area contributed by atoms with Crippen molar-refractivity contribution in [1.29, 1.82) is 0 Å². The van der Waals surface area contributed by atoms with Gasteiger partial charge < -0.3 is 10.1 Å². The lowest BCUT2D eigenvalue weighted by Crippen LogP contribution is -2.43. The van der Waals surface area contributed by atoms with Crippen LogP contribution in [0.1, 0.15) is 53.6 Å². The van der Waals surface area contributed by atoms with E-state index in [9.17, 15) is 14.4 Å². The van der Waals surface area contributed by atoms with E-state index in [1.54, 1.807) is 14.0 Å². The van der Waals surface area contributed by atoms with Crippen LogP contribution in [0, 0.1) is 0 Å². The third-order valence-corrected chi connectivity index (χ3v) is 8.99. The van der Waals surface area contributed by atoms with E-state index >= 15 is 0 Å². The summed E-state index contributed by atoms with van der Waals surface area (Å²) in [5, 5.41) is 11.3. The van der Waals surface area contributed by atoms with Crippen LogP contribution in [0.2, 0.25) is 0 Å². The Labute approximate surface area is 249 Å². The van der Waals surface area contributed by atoms with E-state index in [4.69, 9.17) is 9.84 Å². The lowest BCUT2D eigenvalue weighted by Gasteiger charge is -2.25. The van der Waals surface area contributed by atoms with Crippen molar-refractivity contribution in [3.63, 3.8) is 0 Å². The molecule has 1 fully saturated rings. The first kappa shape index (κ1) is 26.9. The van der Waals surface area contributed by atoms with Crippen molar-refractivity contribution in [3.05, 3.63) is 113 Å². The van der Waals surface area contributed by atoms with Crippen molar-refractivity contribution in [2.75, 3.05) is 13.7 Å². The highest BCUT2D eigenvalue weighted by atomic mass is 16.5. The first-order chi connectivity index (χ1) is 20.8. The van der Waals surface area contributed by atoms with E-state index in [1.165, 1.54) is 16.1 Å². The van der Waals surface area contributed by atoms with Gasteiger partial charge in [-0.15, -0.1) is 0 Å². The zero-order valence-corrected chi connectivity index (χ0v) is 24.2. The van der Waals surface area contributed by atoms with Crippen LogP contribution in [-0.4, -0.2) is 47.1 Å². The van der Waals surface area contributed by atoms with Crippen LogP contribution in [0.15, 0.2) is 90.0 Å². The highest BCUT2D eigenvalue weighted by Crippen LogP contribution is 2.36. The molecule has 7 rings (SSSR count). The largest absolute Gasteiger partial charge is 0.497 e. The molecular formula is C35H32N4O4. The molecule has 4 aromatic carbocycles. The number of fused-ring (bicyclic) bond motifs is 2. The molecule has 8 nitrogen and oxygen atoms in total. The molecule has 3 aliphatic rings. The number of methoxy groups -OCH3 is 1. The number of nitrogens with zero attached hydrogens (tertiary/aromatic N) is 3. The molecule has 43 heavy (non-hydrogen) atoms. The third kappa shape index (κ3) is 4.63.